The molecular formula is C81H15BF45N3O3. The Labute approximate surface area is 700 Å². The molecule has 0 amide bonds. The van der Waals surface area contributed by atoms with E-state index in [9.17, 15) is 13.2 Å². The van der Waals surface area contributed by atoms with Crippen molar-refractivity contribution in [2.45, 2.75) is 20.8 Å². The molecule has 12 aromatic carbocycles. The first kappa shape index (κ1) is 93.3. The highest BCUT2D eigenvalue weighted by molar-refractivity contribution is 6.37. The third-order valence-corrected chi connectivity index (χ3v) is 20.7. The van der Waals surface area contributed by atoms with Crippen molar-refractivity contribution in [3.8, 4) is 100 Å². The molecule has 0 aliphatic carbocycles. The standard InChI is InChI=1S/C81H15BF45N3O3/c1-10-19(31-43(89)61(107)76(122)62(108)44(31)90)28-16(7-4-13(25-37(83)55(101)73(119)56(102)38(25)84)22(28)34-49(95)67(113)79(125)68(114)50(34)96)128(10)131-82(132-129-11(2)20(32-45(91)63(109)77(123)64(110)46(32)92)29-17(129)8-5-14(26-39(85)57(103)74(120)58(104)40(26)86)23(29)35-51(97)69(115)80(126)70(116)52(35)98)133-130-12(3)21(33-47(93)65(111)78(124)66(112)48(33)94)30-18(130)9-6-15(27-41(87)59(105)75(121)60(106)42(27)88)24(30)36-53(99)71(117)81(127)72(118)54(36)100/h4-9H,1-3H3. The first-order valence-electron chi connectivity index (χ1n) is 34.8. The SMILES string of the molecule is Cc1c(-c2c(F)c(F)c(F)c(F)c2F)c2c(-c3c(F)c(F)c(F)c(F)c3F)c(-c3c(F)c(F)c(F)c(F)c3F)ccc2n1OB(On1c(C)c(-c2c(F)c(F)c(F)c(F)c2F)c2c(-c3c(F)c(F)c(F)c(F)c3F)c(-c3c(F)c(F)c(F)c(F)c3F)ccc21)On1c(C)c(-c2c(F)c(F)c(F)c(F)c2F)c2c(-c3c(F)c(F)c(F)c(F)c3F)c(-c3c(F)c(F)c(F)c(F)c3F)ccc21. The first-order chi connectivity index (χ1) is 62.1. The molecule has 6 nitrogen and oxygen atoms in total. The zero-order valence-corrected chi connectivity index (χ0v) is 62.6. The van der Waals surface area contributed by atoms with Gasteiger partial charge in [0, 0.05) is 49.5 Å². The molecule has 0 aliphatic heterocycles. The molecule has 0 atom stereocenters. The van der Waals surface area contributed by atoms with Crippen LogP contribution in [0.3, 0.4) is 0 Å². The molecule has 0 saturated carbocycles. The molecule has 3 heterocycles. The van der Waals surface area contributed by atoms with Gasteiger partial charge in [0.05, 0.1) is 83.7 Å². The van der Waals surface area contributed by atoms with Gasteiger partial charge in [-0.05, 0) is 55.7 Å². The molecular weight excluding hydrogens is 1930 g/mol. The molecule has 0 N–H and O–H groups in total. The number of hydrogen-bond acceptors (Lipinski definition) is 3. The number of rotatable bonds is 15. The van der Waals surface area contributed by atoms with Gasteiger partial charge in [0.1, 0.15) is 0 Å². The Morgan fingerprint density at radius 2 is 0.256 bits per heavy atom. The average Bonchev–Trinajstić information content (AvgIpc) is 1.65. The second-order valence-corrected chi connectivity index (χ2v) is 27.5. The van der Waals surface area contributed by atoms with Gasteiger partial charge >= 0.3 is 7.32 Å². The molecule has 690 valence electrons. The summed E-state index contributed by atoms with van der Waals surface area (Å²) in [5, 5.41) is -7.17. The maximum absolute atomic E-state index is 17.1. The molecule has 0 saturated heterocycles. The Hall–Kier alpha value is -14.4. The quantitative estimate of drug-likeness (QED) is 0.0445. The zero-order chi connectivity index (χ0) is 98.2. The molecule has 0 spiro atoms. The summed E-state index contributed by atoms with van der Waals surface area (Å²) >= 11 is 0. The molecule has 133 heavy (non-hydrogen) atoms. The van der Waals surface area contributed by atoms with Gasteiger partial charge in [-0.1, -0.05) is 18.2 Å². The van der Waals surface area contributed by atoms with Crippen molar-refractivity contribution < 1.29 is 212 Å². The van der Waals surface area contributed by atoms with Crippen LogP contribution in [0.5, 0.6) is 0 Å². The largest absolute Gasteiger partial charge is 0.926 e. The highest BCUT2D eigenvalue weighted by Gasteiger charge is 2.48. The van der Waals surface area contributed by atoms with Gasteiger partial charge in [-0.15, -0.1) is 0 Å². The Morgan fingerprint density at radius 3 is 0.391 bits per heavy atom. The Bertz CT molecular complexity index is 6870. The minimum Gasteiger partial charge on any atom is -0.396 e. The van der Waals surface area contributed by atoms with E-state index in [0.717, 1.165) is 0 Å². The van der Waals surface area contributed by atoms with E-state index in [1.165, 1.54) is 0 Å². The van der Waals surface area contributed by atoms with E-state index in [1.807, 2.05) is 0 Å². The summed E-state index contributed by atoms with van der Waals surface area (Å²) in [6, 6.07) is -2.04. The number of halogens is 45. The van der Waals surface area contributed by atoms with Crippen LogP contribution < -0.4 is 14.3 Å². The molecule has 0 bridgehead atoms. The Balaban J connectivity index is 1.20. The van der Waals surface area contributed by atoms with Crippen molar-refractivity contribution >= 4 is 40.0 Å². The zero-order valence-electron chi connectivity index (χ0n) is 62.6. The topological polar surface area (TPSA) is 42.5 Å². The van der Waals surface area contributed by atoms with Crippen molar-refractivity contribution in [2.75, 3.05) is 0 Å². The monoisotopic (exact) mass is 1940 g/mol. The summed E-state index contributed by atoms with van der Waals surface area (Å²) in [6.45, 7) is -0.141. The van der Waals surface area contributed by atoms with Crippen molar-refractivity contribution in [1.82, 2.24) is 14.2 Å². The van der Waals surface area contributed by atoms with Crippen molar-refractivity contribution in [3.05, 3.63) is 315 Å². The van der Waals surface area contributed by atoms with Crippen LogP contribution in [-0.2, 0) is 0 Å². The number of benzene rings is 12. The van der Waals surface area contributed by atoms with E-state index in [0.29, 0.717) is 0 Å². The average molecular weight is 1940 g/mol. The number of fused-ring (bicyclic) bond motifs is 3. The maximum atomic E-state index is 17.1. The van der Waals surface area contributed by atoms with Gasteiger partial charge < -0.3 is 14.3 Å². The third kappa shape index (κ3) is 12.9. The van der Waals surface area contributed by atoms with Crippen LogP contribution in [0.15, 0.2) is 36.4 Å². The minimum atomic E-state index is -4.50. The normalized spacial score (nSPS) is 11.9. The summed E-state index contributed by atoms with van der Waals surface area (Å²) in [5.74, 6) is -151. The fourth-order valence-electron chi connectivity index (χ4n) is 14.9. The second kappa shape index (κ2) is 32.3. The van der Waals surface area contributed by atoms with Gasteiger partial charge in [0.2, 0.25) is 52.4 Å². The van der Waals surface area contributed by atoms with Crippen LogP contribution in [0.4, 0.5) is 198 Å². The molecule has 3 aromatic heterocycles. The molecule has 0 aliphatic rings. The predicted octanol–water partition coefficient (Wildman–Crippen LogP) is 26.4. The van der Waals surface area contributed by atoms with Crippen LogP contribution in [0.1, 0.15) is 17.1 Å². The lowest BCUT2D eigenvalue weighted by molar-refractivity contribution is 0.0750. The summed E-state index contributed by atoms with van der Waals surface area (Å²) in [4.78, 5) is 0. The molecule has 15 aromatic rings. The highest BCUT2D eigenvalue weighted by atomic mass is 19.2. The maximum Gasteiger partial charge on any atom is 0.926 e. The fraction of sp³-hybridized carbons (Fsp3) is 0.0370. The van der Waals surface area contributed by atoms with E-state index >= 15 is 184 Å². The molecule has 0 fully saturated rings. The number of hydrogen-bond donors (Lipinski definition) is 0. The lowest BCUT2D eigenvalue weighted by Gasteiger charge is -2.22. The van der Waals surface area contributed by atoms with E-state index in [-0.39, 0.29) is 39.0 Å². The van der Waals surface area contributed by atoms with Crippen LogP contribution >= 0.6 is 0 Å². The van der Waals surface area contributed by atoms with Gasteiger partial charge in [-0.2, -0.15) is 0 Å². The summed E-state index contributed by atoms with van der Waals surface area (Å²) < 4.78 is 741. The van der Waals surface area contributed by atoms with E-state index in [2.05, 4.69) is 0 Å². The van der Waals surface area contributed by atoms with Crippen molar-refractivity contribution in [2.24, 2.45) is 0 Å². The predicted molar refractivity (Wildman–Crippen MR) is 363 cm³/mol. The minimum absolute atomic E-state index is 0.0471. The lowest BCUT2D eigenvalue weighted by atomic mass is 9.87. The fourth-order valence-corrected chi connectivity index (χ4v) is 14.9. The molecule has 52 heteroatoms. The van der Waals surface area contributed by atoms with Crippen LogP contribution in [0.2, 0.25) is 0 Å². The Kier molecular flexibility index (Phi) is 22.6. The van der Waals surface area contributed by atoms with Gasteiger partial charge in [0.15, 0.2) is 209 Å². The van der Waals surface area contributed by atoms with Crippen LogP contribution in [0.25, 0.3) is 133 Å². The van der Waals surface area contributed by atoms with E-state index in [4.69, 9.17) is 14.3 Å². The smallest absolute Gasteiger partial charge is 0.396 e. The number of nitrogens with zero attached hydrogens (tertiary/aromatic N) is 3. The van der Waals surface area contributed by atoms with E-state index in [1.54, 1.807) is 0 Å². The van der Waals surface area contributed by atoms with Crippen molar-refractivity contribution in [1.29, 1.82) is 0 Å². The second-order valence-electron chi connectivity index (χ2n) is 27.5. The van der Waals surface area contributed by atoms with E-state index < -0.39 is 451 Å². The summed E-state index contributed by atoms with van der Waals surface area (Å²) in [7, 11) is -4.50. The summed E-state index contributed by atoms with van der Waals surface area (Å²) in [5.41, 5.74) is -60.4. The molecule has 0 radical (unpaired) electrons. The molecule has 15 rings (SSSR count). The van der Waals surface area contributed by atoms with Crippen molar-refractivity contribution in [3.63, 3.8) is 0 Å². The summed E-state index contributed by atoms with van der Waals surface area (Å²) in [6.07, 6.45) is 0. The molecule has 0 unspecified atom stereocenters. The number of aromatic nitrogens is 3. The van der Waals surface area contributed by atoms with Crippen LogP contribution in [0, 0.1) is 283 Å². The highest BCUT2D eigenvalue weighted by Crippen LogP contribution is 2.56. The first-order valence-corrected chi connectivity index (χ1v) is 34.8. The van der Waals surface area contributed by atoms with Gasteiger partial charge in [0.25, 0.3) is 0 Å². The van der Waals surface area contributed by atoms with Gasteiger partial charge in [-0.3, -0.25) is 0 Å². The van der Waals surface area contributed by atoms with Gasteiger partial charge in [-0.25, -0.2) is 212 Å². The Morgan fingerprint density at radius 1 is 0.143 bits per heavy atom. The van der Waals surface area contributed by atoms with Crippen LogP contribution in [-0.4, -0.2) is 21.5 Å². The lowest BCUT2D eigenvalue weighted by Crippen LogP contribution is -2.49. The third-order valence-electron chi connectivity index (χ3n) is 20.7.